The first-order valence-corrected chi connectivity index (χ1v) is 11.1. The highest BCUT2D eigenvalue weighted by Gasteiger charge is 2.28. The van der Waals surface area contributed by atoms with E-state index in [-0.39, 0.29) is 16.3 Å². The van der Waals surface area contributed by atoms with Crippen molar-refractivity contribution in [3.63, 3.8) is 0 Å². The number of sulfone groups is 1. The van der Waals surface area contributed by atoms with E-state index in [9.17, 15) is 22.7 Å². The van der Waals surface area contributed by atoms with E-state index in [1.807, 2.05) is 0 Å². The van der Waals surface area contributed by atoms with Crippen molar-refractivity contribution >= 4 is 21.4 Å². The molecule has 0 aromatic heterocycles. The Kier molecular flexibility index (Phi) is 5.80. The van der Waals surface area contributed by atoms with Crippen LogP contribution in [0.1, 0.15) is 43.5 Å². The first kappa shape index (κ1) is 21.4. The molecule has 0 aliphatic carbocycles. The summed E-state index contributed by atoms with van der Waals surface area (Å²) in [4.78, 5) is 13.0. The smallest absolute Gasteiger partial charge is 0.246 e. The Bertz CT molecular complexity index is 1050. The summed E-state index contributed by atoms with van der Waals surface area (Å²) in [7, 11) is -3.33. The van der Waals surface area contributed by atoms with Gasteiger partial charge in [-0.05, 0) is 61.2 Å². The Hall–Kier alpha value is -2.29. The molecule has 2 aromatic rings. The van der Waals surface area contributed by atoms with Gasteiger partial charge in [-0.3, -0.25) is 4.79 Å². The number of hydrogen-bond donors (Lipinski definition) is 3. The number of fused-ring (bicyclic) bond motifs is 1. The maximum atomic E-state index is 14.4. The molecular weight excluding hydrogens is 395 g/mol. The number of carbonyl (C=O) groups excluding carboxylic acids is 1. The van der Waals surface area contributed by atoms with Crippen molar-refractivity contribution in [2.45, 2.75) is 43.7 Å². The lowest BCUT2D eigenvalue weighted by Gasteiger charge is -2.27. The first-order valence-electron chi connectivity index (χ1n) is 9.45. The zero-order valence-electron chi connectivity index (χ0n) is 16.6. The highest BCUT2D eigenvalue weighted by Crippen LogP contribution is 2.29. The predicted octanol–water partition coefficient (Wildman–Crippen LogP) is 2.67. The second kappa shape index (κ2) is 7.85. The van der Waals surface area contributed by atoms with Crippen LogP contribution in [-0.2, 0) is 26.7 Å². The number of amides is 1. The summed E-state index contributed by atoms with van der Waals surface area (Å²) < 4.78 is 38.7. The van der Waals surface area contributed by atoms with E-state index in [1.165, 1.54) is 18.2 Å². The van der Waals surface area contributed by atoms with Crippen LogP contribution < -0.4 is 10.6 Å². The fourth-order valence-electron chi connectivity index (χ4n) is 3.34. The molecule has 0 spiro atoms. The monoisotopic (exact) mass is 420 g/mol. The summed E-state index contributed by atoms with van der Waals surface area (Å²) >= 11 is 0. The minimum absolute atomic E-state index is 0.00781. The van der Waals surface area contributed by atoms with Crippen LogP contribution in [0, 0.1) is 5.82 Å². The molecule has 0 fully saturated rings. The highest BCUT2D eigenvalue weighted by atomic mass is 32.2. The molecule has 29 heavy (non-hydrogen) atoms. The molecule has 1 aliphatic rings. The van der Waals surface area contributed by atoms with Crippen LogP contribution in [0.15, 0.2) is 41.3 Å². The number of rotatable bonds is 5. The van der Waals surface area contributed by atoms with Gasteiger partial charge in [0.25, 0.3) is 0 Å². The fraction of sp³-hybridized carbons (Fsp3) is 0.381. The van der Waals surface area contributed by atoms with Crippen molar-refractivity contribution in [3.05, 3.63) is 58.9 Å². The molecular formula is C21H25FN2O4S. The van der Waals surface area contributed by atoms with Gasteiger partial charge in [-0.2, -0.15) is 0 Å². The highest BCUT2D eigenvalue weighted by molar-refractivity contribution is 7.91. The number of hydrogen-bond acceptors (Lipinski definition) is 5. The number of aliphatic hydroxyl groups is 1. The SMILES string of the molecule is CCS(=O)(=O)c1ccc2c(c1)CCNC2C(=O)Nc1ccc(C(C)(C)O)cc1F. The lowest BCUT2D eigenvalue weighted by molar-refractivity contribution is -0.118. The van der Waals surface area contributed by atoms with E-state index in [4.69, 9.17) is 0 Å². The molecule has 3 N–H and O–H groups in total. The van der Waals surface area contributed by atoms with E-state index >= 15 is 0 Å². The number of carbonyl (C=O) groups is 1. The van der Waals surface area contributed by atoms with Crippen molar-refractivity contribution in [1.82, 2.24) is 5.32 Å². The summed E-state index contributed by atoms with van der Waals surface area (Å²) in [6.07, 6.45) is 0.598. The molecule has 1 atom stereocenters. The van der Waals surface area contributed by atoms with E-state index in [0.717, 1.165) is 5.56 Å². The molecule has 3 rings (SSSR count). The summed E-state index contributed by atoms with van der Waals surface area (Å²) in [5.74, 6) is -1.07. The molecule has 8 heteroatoms. The van der Waals surface area contributed by atoms with Crippen molar-refractivity contribution in [3.8, 4) is 0 Å². The van der Waals surface area contributed by atoms with E-state index < -0.39 is 33.2 Å². The molecule has 0 saturated heterocycles. The molecule has 0 saturated carbocycles. The zero-order chi connectivity index (χ0) is 21.4. The van der Waals surface area contributed by atoms with Gasteiger partial charge in [-0.25, -0.2) is 12.8 Å². The number of halogens is 1. The van der Waals surface area contributed by atoms with Crippen molar-refractivity contribution in [2.75, 3.05) is 17.6 Å². The summed E-state index contributed by atoms with van der Waals surface area (Å²) in [5, 5.41) is 15.7. The van der Waals surface area contributed by atoms with Gasteiger partial charge in [0, 0.05) is 6.54 Å². The molecule has 1 heterocycles. The average Bonchev–Trinajstić information content (AvgIpc) is 2.67. The molecule has 156 valence electrons. The Balaban J connectivity index is 1.85. The van der Waals surface area contributed by atoms with Gasteiger partial charge in [0.2, 0.25) is 5.91 Å². The van der Waals surface area contributed by atoms with Crippen molar-refractivity contribution < 1.29 is 22.7 Å². The van der Waals surface area contributed by atoms with E-state index in [0.29, 0.717) is 24.1 Å². The van der Waals surface area contributed by atoms with Crippen LogP contribution in [-0.4, -0.2) is 31.7 Å². The Labute approximate surface area is 170 Å². The van der Waals surface area contributed by atoms with Crippen LogP contribution in [0.3, 0.4) is 0 Å². The third kappa shape index (κ3) is 4.49. The van der Waals surface area contributed by atoms with Gasteiger partial charge < -0.3 is 15.7 Å². The van der Waals surface area contributed by atoms with E-state index in [2.05, 4.69) is 10.6 Å². The molecule has 0 radical (unpaired) electrons. The van der Waals surface area contributed by atoms with Crippen LogP contribution >= 0.6 is 0 Å². The Morgan fingerprint density at radius 1 is 1.28 bits per heavy atom. The summed E-state index contributed by atoms with van der Waals surface area (Å²) in [6, 6.07) is 8.22. The quantitative estimate of drug-likeness (QED) is 0.691. The van der Waals surface area contributed by atoms with Crippen LogP contribution in [0.5, 0.6) is 0 Å². The predicted molar refractivity (Wildman–Crippen MR) is 109 cm³/mol. The minimum Gasteiger partial charge on any atom is -0.386 e. The van der Waals surface area contributed by atoms with E-state index in [1.54, 1.807) is 39.0 Å². The van der Waals surface area contributed by atoms with Crippen molar-refractivity contribution in [1.29, 1.82) is 0 Å². The normalized spacial score (nSPS) is 16.9. The van der Waals surface area contributed by atoms with Crippen LogP contribution in [0.25, 0.3) is 0 Å². The molecule has 0 bridgehead atoms. The fourth-order valence-corrected chi connectivity index (χ4v) is 4.27. The third-order valence-corrected chi connectivity index (χ3v) is 6.84. The Morgan fingerprint density at radius 3 is 2.62 bits per heavy atom. The number of anilines is 1. The molecule has 1 amide bonds. The standard InChI is InChI=1S/C21H25FN2O4S/c1-4-29(27,28)15-6-7-16-13(11-15)9-10-23-19(16)20(25)24-18-8-5-14(12-17(18)22)21(2,3)26/h5-8,11-12,19,23,26H,4,9-10H2,1-3H3,(H,24,25). The lowest BCUT2D eigenvalue weighted by Crippen LogP contribution is -2.38. The van der Waals surface area contributed by atoms with Gasteiger partial charge in [-0.1, -0.05) is 19.1 Å². The average molecular weight is 421 g/mol. The summed E-state index contributed by atoms with van der Waals surface area (Å²) in [6.45, 7) is 5.19. The van der Waals surface area contributed by atoms with Gasteiger partial charge >= 0.3 is 0 Å². The third-order valence-electron chi connectivity index (χ3n) is 5.10. The maximum absolute atomic E-state index is 14.4. The second-order valence-electron chi connectivity index (χ2n) is 7.64. The minimum atomic E-state index is -3.33. The molecule has 1 unspecified atom stereocenters. The van der Waals surface area contributed by atoms with Crippen LogP contribution in [0.2, 0.25) is 0 Å². The van der Waals surface area contributed by atoms with Gasteiger partial charge in [0.15, 0.2) is 9.84 Å². The second-order valence-corrected chi connectivity index (χ2v) is 9.92. The number of nitrogens with one attached hydrogen (secondary N) is 2. The molecule has 6 nitrogen and oxygen atoms in total. The summed E-state index contributed by atoms with van der Waals surface area (Å²) in [5.41, 5.74) is 0.693. The topological polar surface area (TPSA) is 95.5 Å². The zero-order valence-corrected chi connectivity index (χ0v) is 17.4. The lowest BCUT2D eigenvalue weighted by atomic mass is 9.93. The molecule has 2 aromatic carbocycles. The molecule has 1 aliphatic heterocycles. The van der Waals surface area contributed by atoms with Gasteiger partial charge in [0.05, 0.1) is 21.9 Å². The van der Waals surface area contributed by atoms with Gasteiger partial charge in [0.1, 0.15) is 11.9 Å². The van der Waals surface area contributed by atoms with Crippen molar-refractivity contribution in [2.24, 2.45) is 0 Å². The Morgan fingerprint density at radius 2 is 2.00 bits per heavy atom. The largest absolute Gasteiger partial charge is 0.386 e. The maximum Gasteiger partial charge on any atom is 0.246 e. The van der Waals surface area contributed by atoms with Gasteiger partial charge in [-0.15, -0.1) is 0 Å². The first-order chi connectivity index (χ1) is 13.5. The number of benzene rings is 2. The van der Waals surface area contributed by atoms with Crippen LogP contribution in [0.4, 0.5) is 10.1 Å².